The second-order valence-corrected chi connectivity index (χ2v) is 11.6. The van der Waals surface area contributed by atoms with Crippen molar-refractivity contribution in [3.05, 3.63) is 89.4 Å². The summed E-state index contributed by atoms with van der Waals surface area (Å²) in [6.07, 6.45) is 9.23. The number of carboxylic acids is 1. The highest BCUT2D eigenvalue weighted by molar-refractivity contribution is 6.31. The molecule has 0 radical (unpaired) electrons. The predicted molar refractivity (Wildman–Crippen MR) is 179 cm³/mol. The molecule has 1 aromatic heterocycles. The number of morpholine rings is 1. The molecule has 2 aromatic carbocycles. The molecule has 1 aliphatic heterocycles. The molecule has 1 fully saturated rings. The number of anilines is 1. The first-order chi connectivity index (χ1) is 21.4. The molecule has 1 N–H and O–H groups in total. The lowest BCUT2D eigenvalue weighted by molar-refractivity contribution is -0.163. The number of carbonyl (C=O) groups is 2. The van der Waals surface area contributed by atoms with E-state index in [1.807, 2.05) is 38.9 Å². The number of hydrogen-bond donors (Lipinski definition) is 1. The molecule has 10 heteroatoms. The molecule has 0 saturated carbocycles. The Morgan fingerprint density at radius 1 is 1.22 bits per heavy atom. The number of aromatic carboxylic acids is 1. The van der Waals surface area contributed by atoms with Gasteiger partial charge in [0.2, 0.25) is 0 Å². The first-order valence-electron chi connectivity index (χ1n) is 15.3. The number of ether oxygens (including phenoxy) is 1. The molecular formula is C35H44ClFN4O4. The summed E-state index contributed by atoms with van der Waals surface area (Å²) >= 11 is 6.07. The van der Waals surface area contributed by atoms with E-state index in [9.17, 15) is 19.1 Å². The normalized spacial score (nSPS) is 16.4. The average Bonchev–Trinajstić information content (AvgIpc) is 3.45. The monoisotopic (exact) mass is 638 g/mol. The zero-order valence-corrected chi connectivity index (χ0v) is 27.6. The fourth-order valence-electron chi connectivity index (χ4n) is 5.09. The molecule has 0 amide bonds. The summed E-state index contributed by atoms with van der Waals surface area (Å²) in [5, 5.41) is 14.0. The molecule has 0 aliphatic carbocycles. The Bertz CT molecular complexity index is 1500. The van der Waals surface area contributed by atoms with Gasteiger partial charge in [-0.15, -0.1) is 0 Å². The van der Waals surface area contributed by atoms with E-state index in [1.165, 1.54) is 18.2 Å². The van der Waals surface area contributed by atoms with E-state index < -0.39 is 17.4 Å². The Morgan fingerprint density at radius 2 is 1.93 bits per heavy atom. The summed E-state index contributed by atoms with van der Waals surface area (Å²) in [6.45, 7) is 14.0. The van der Waals surface area contributed by atoms with Crippen molar-refractivity contribution >= 4 is 34.9 Å². The van der Waals surface area contributed by atoms with Gasteiger partial charge in [-0.3, -0.25) is 4.79 Å². The van der Waals surface area contributed by atoms with Crippen molar-refractivity contribution in [3.8, 4) is 11.3 Å². The number of halogens is 2. The van der Waals surface area contributed by atoms with Gasteiger partial charge in [-0.05, 0) is 75.7 Å². The number of aromatic nitrogens is 2. The van der Waals surface area contributed by atoms with Crippen LogP contribution in [0.5, 0.6) is 0 Å². The van der Waals surface area contributed by atoms with Gasteiger partial charge in [-0.2, -0.15) is 5.10 Å². The number of carbonyl (C=O) groups excluding carboxylic acids is 1. The summed E-state index contributed by atoms with van der Waals surface area (Å²) in [5.41, 5.74) is 3.47. The van der Waals surface area contributed by atoms with Crippen molar-refractivity contribution in [1.29, 1.82) is 0 Å². The van der Waals surface area contributed by atoms with Crippen LogP contribution in [0, 0.1) is 5.82 Å². The first kappa shape index (κ1) is 35.5. The van der Waals surface area contributed by atoms with Crippen LogP contribution in [-0.4, -0.2) is 64.0 Å². The quantitative estimate of drug-likeness (QED) is 0.159. The molecule has 1 saturated heterocycles. The number of esters is 1. The van der Waals surface area contributed by atoms with Gasteiger partial charge in [0.05, 0.1) is 22.8 Å². The van der Waals surface area contributed by atoms with Crippen molar-refractivity contribution in [1.82, 2.24) is 14.7 Å². The van der Waals surface area contributed by atoms with Crippen LogP contribution in [0.25, 0.3) is 17.0 Å². The third kappa shape index (κ3) is 9.52. The van der Waals surface area contributed by atoms with Crippen molar-refractivity contribution in [2.45, 2.75) is 65.5 Å². The number of carboxylic acid groups (broad SMARTS) is 1. The minimum Gasteiger partial charge on any atom is -0.478 e. The van der Waals surface area contributed by atoms with Gasteiger partial charge in [0.25, 0.3) is 0 Å². The zero-order chi connectivity index (χ0) is 33.1. The van der Waals surface area contributed by atoms with Crippen LogP contribution >= 0.6 is 11.6 Å². The van der Waals surface area contributed by atoms with Crippen LogP contribution in [0.2, 0.25) is 5.02 Å². The minimum atomic E-state index is -0.995. The first-order valence-corrected chi connectivity index (χ1v) is 15.7. The van der Waals surface area contributed by atoms with Crippen molar-refractivity contribution in [3.63, 3.8) is 0 Å². The van der Waals surface area contributed by atoms with Crippen molar-refractivity contribution in [2.24, 2.45) is 0 Å². The summed E-state index contributed by atoms with van der Waals surface area (Å²) < 4.78 is 21.5. The smallest absolute Gasteiger partial charge is 0.335 e. The molecule has 0 spiro atoms. The number of rotatable bonds is 12. The van der Waals surface area contributed by atoms with Gasteiger partial charge < -0.3 is 19.6 Å². The number of cyclic esters (lactones) is 1. The average molecular weight is 639 g/mol. The van der Waals surface area contributed by atoms with E-state index in [-0.39, 0.29) is 23.1 Å². The van der Waals surface area contributed by atoms with Gasteiger partial charge in [0, 0.05) is 48.2 Å². The van der Waals surface area contributed by atoms with Crippen molar-refractivity contribution < 1.29 is 23.8 Å². The Balaban J connectivity index is 0.00000102. The van der Waals surface area contributed by atoms with Crippen LogP contribution in [0.1, 0.15) is 69.3 Å². The van der Waals surface area contributed by atoms with Crippen LogP contribution in [0.4, 0.5) is 10.1 Å². The van der Waals surface area contributed by atoms with E-state index >= 15 is 0 Å². The van der Waals surface area contributed by atoms with Crippen LogP contribution in [0.15, 0.2) is 67.4 Å². The van der Waals surface area contributed by atoms with Crippen molar-refractivity contribution in [2.75, 3.05) is 31.6 Å². The van der Waals surface area contributed by atoms with Gasteiger partial charge in [-0.25, -0.2) is 13.9 Å². The fourth-order valence-corrected chi connectivity index (χ4v) is 5.27. The third-order valence-electron chi connectivity index (χ3n) is 7.83. The summed E-state index contributed by atoms with van der Waals surface area (Å²) in [4.78, 5) is 28.0. The fraction of sp³-hybridized carbons (Fsp3) is 0.400. The molecule has 2 heterocycles. The van der Waals surface area contributed by atoms with E-state index in [0.717, 1.165) is 29.8 Å². The van der Waals surface area contributed by atoms with Gasteiger partial charge >= 0.3 is 11.9 Å². The molecule has 8 nitrogen and oxygen atoms in total. The molecule has 1 unspecified atom stereocenters. The standard InChI is InChI=1S/C30H34ClFN4O4.C5H10/c1-5-20(3)36-17-23(28(33-36)22-9-12-26(32)25(31)15-22)16-34(4)14-13-30(6-2)19-35(18-27(37)40-30)24-10-7-21(8-11-24)29(38)39;1-3-5-4-2/h7-12,15,17H,3,5-6,13-14,16,18-19H2,1-2,4H3,(H,38,39);3,5H,4H2,1-2H3/b;5-3-. The van der Waals surface area contributed by atoms with Crippen LogP contribution in [0.3, 0.4) is 0 Å². The lowest BCUT2D eigenvalue weighted by Gasteiger charge is -2.43. The topological polar surface area (TPSA) is 87.9 Å². The van der Waals surface area contributed by atoms with Gasteiger partial charge in [0.1, 0.15) is 18.0 Å². The maximum Gasteiger partial charge on any atom is 0.335 e. The Morgan fingerprint density at radius 3 is 2.49 bits per heavy atom. The minimum absolute atomic E-state index is 0.0341. The number of hydrogen-bond acceptors (Lipinski definition) is 6. The summed E-state index contributed by atoms with van der Waals surface area (Å²) in [7, 11) is 1.99. The SMILES string of the molecule is C/C=C\CC.C=C(CC)n1cc(CN(C)CCC2(CC)CN(c3ccc(C(=O)O)cc3)CC(=O)O2)c(-c2ccc(F)c(Cl)c2)n1. The Labute approximate surface area is 270 Å². The number of benzene rings is 2. The maximum atomic E-state index is 13.8. The van der Waals surface area contributed by atoms with Crippen LogP contribution < -0.4 is 4.90 Å². The zero-order valence-electron chi connectivity index (χ0n) is 26.9. The Kier molecular flexibility index (Phi) is 12.9. The molecule has 4 rings (SSSR count). The van der Waals surface area contributed by atoms with Crippen LogP contribution in [-0.2, 0) is 16.1 Å². The summed E-state index contributed by atoms with van der Waals surface area (Å²) in [6, 6.07) is 11.1. The number of nitrogens with zero attached hydrogens (tertiary/aromatic N) is 4. The highest BCUT2D eigenvalue weighted by Gasteiger charge is 2.39. The molecule has 242 valence electrons. The highest BCUT2D eigenvalue weighted by atomic mass is 35.5. The highest BCUT2D eigenvalue weighted by Crippen LogP contribution is 2.32. The Hall–Kier alpha value is -3.95. The number of allylic oxidation sites excluding steroid dienone is 3. The maximum absolute atomic E-state index is 13.8. The van der Waals surface area contributed by atoms with E-state index in [1.54, 1.807) is 28.9 Å². The lowest BCUT2D eigenvalue weighted by atomic mass is 9.93. The van der Waals surface area contributed by atoms with E-state index in [2.05, 4.69) is 30.6 Å². The second-order valence-electron chi connectivity index (χ2n) is 11.2. The molecule has 3 aromatic rings. The van der Waals surface area contributed by atoms with E-state index in [0.29, 0.717) is 43.7 Å². The van der Waals surface area contributed by atoms with Gasteiger partial charge in [0.15, 0.2) is 0 Å². The van der Waals surface area contributed by atoms with E-state index in [4.69, 9.17) is 21.4 Å². The second kappa shape index (κ2) is 16.4. The molecular weight excluding hydrogens is 595 g/mol. The predicted octanol–water partition coefficient (Wildman–Crippen LogP) is 7.93. The lowest BCUT2D eigenvalue weighted by Crippen LogP contribution is -2.55. The molecule has 1 atom stereocenters. The molecule has 1 aliphatic rings. The molecule has 45 heavy (non-hydrogen) atoms. The third-order valence-corrected chi connectivity index (χ3v) is 8.12. The van der Waals surface area contributed by atoms with Gasteiger partial charge in [-0.1, -0.05) is 51.1 Å². The largest absolute Gasteiger partial charge is 0.478 e. The summed E-state index contributed by atoms with van der Waals surface area (Å²) in [5.74, 6) is -1.79. The molecule has 0 bridgehead atoms.